The van der Waals surface area contributed by atoms with Crippen molar-refractivity contribution in [3.63, 3.8) is 0 Å². The van der Waals surface area contributed by atoms with Gasteiger partial charge in [-0.15, -0.1) is 0 Å². The van der Waals surface area contributed by atoms with E-state index >= 15 is 0 Å². The van der Waals surface area contributed by atoms with Crippen LogP contribution < -0.4 is 0 Å². The van der Waals surface area contributed by atoms with E-state index in [0.29, 0.717) is 5.92 Å². The molecule has 0 saturated heterocycles. The van der Waals surface area contributed by atoms with Crippen LogP contribution >= 0.6 is 11.6 Å². The topological polar surface area (TPSA) is 0 Å². The summed E-state index contributed by atoms with van der Waals surface area (Å²) in [6.45, 7) is 4.24. The third-order valence-corrected chi connectivity index (χ3v) is 1.81. The van der Waals surface area contributed by atoms with Crippen molar-refractivity contribution in [2.45, 2.75) is 19.8 Å². The van der Waals surface area contributed by atoms with Crippen LogP contribution in [0.4, 0.5) is 0 Å². The summed E-state index contributed by atoms with van der Waals surface area (Å²) >= 11 is 5.90. The fourth-order valence-electron chi connectivity index (χ4n) is 0.867. The second-order valence-electron chi connectivity index (χ2n) is 2.60. The van der Waals surface area contributed by atoms with Crippen molar-refractivity contribution >= 4 is 11.6 Å². The minimum Gasteiger partial charge on any atom is -0.0840 e. The molecule has 1 heteroatoms. The van der Waals surface area contributed by atoms with Crippen LogP contribution in [0.1, 0.15) is 25.3 Å². The molecule has 0 atom stereocenters. The Balaban J connectivity index is 3.03. The highest BCUT2D eigenvalue weighted by Crippen LogP contribution is 2.22. The van der Waals surface area contributed by atoms with Gasteiger partial charge >= 0.3 is 0 Å². The van der Waals surface area contributed by atoms with Crippen LogP contribution in [0.2, 0.25) is 5.02 Å². The molecule has 0 spiro atoms. The second kappa shape index (κ2) is 3.07. The van der Waals surface area contributed by atoms with Gasteiger partial charge in [-0.25, -0.2) is 0 Å². The summed E-state index contributed by atoms with van der Waals surface area (Å²) in [6.07, 6.45) is 0. The molecule has 0 N–H and O–H groups in total. The predicted octanol–water partition coefficient (Wildman–Crippen LogP) is 3.26. The molecule has 1 rings (SSSR count). The zero-order valence-electron chi connectivity index (χ0n) is 6.19. The first kappa shape index (κ1) is 7.62. The lowest BCUT2D eigenvalue weighted by molar-refractivity contribution is 0.867. The van der Waals surface area contributed by atoms with Gasteiger partial charge in [0.1, 0.15) is 0 Å². The van der Waals surface area contributed by atoms with E-state index in [9.17, 15) is 0 Å². The Kier molecular flexibility index (Phi) is 2.34. The largest absolute Gasteiger partial charge is 0.0840 e. The lowest BCUT2D eigenvalue weighted by atomic mass is 10.0. The summed E-state index contributed by atoms with van der Waals surface area (Å²) in [5.41, 5.74) is 1.17. The maximum absolute atomic E-state index is 5.90. The van der Waals surface area contributed by atoms with Crippen molar-refractivity contribution in [2.24, 2.45) is 0 Å². The van der Waals surface area contributed by atoms with E-state index < -0.39 is 0 Å². The molecule has 0 amide bonds. The molecular formula is C9H10Cl. The van der Waals surface area contributed by atoms with E-state index in [-0.39, 0.29) is 0 Å². The average molecular weight is 154 g/mol. The molecule has 1 aromatic carbocycles. The first-order valence-corrected chi connectivity index (χ1v) is 3.75. The van der Waals surface area contributed by atoms with Crippen LogP contribution in [-0.2, 0) is 0 Å². The first-order valence-electron chi connectivity index (χ1n) is 3.37. The van der Waals surface area contributed by atoms with Crippen molar-refractivity contribution in [3.8, 4) is 0 Å². The molecular weight excluding hydrogens is 144 g/mol. The van der Waals surface area contributed by atoms with Gasteiger partial charge < -0.3 is 0 Å². The van der Waals surface area contributed by atoms with Gasteiger partial charge in [0.15, 0.2) is 0 Å². The van der Waals surface area contributed by atoms with Crippen LogP contribution in [0.3, 0.4) is 0 Å². The summed E-state index contributed by atoms with van der Waals surface area (Å²) in [4.78, 5) is 0. The maximum Gasteiger partial charge on any atom is 0.0441 e. The fraction of sp³-hybridized carbons (Fsp3) is 0.333. The van der Waals surface area contributed by atoms with E-state index in [1.807, 2.05) is 18.2 Å². The van der Waals surface area contributed by atoms with Crippen molar-refractivity contribution in [1.29, 1.82) is 0 Å². The molecule has 0 aliphatic carbocycles. The third-order valence-electron chi connectivity index (χ3n) is 1.46. The maximum atomic E-state index is 5.90. The second-order valence-corrected chi connectivity index (χ2v) is 3.01. The Morgan fingerprint density at radius 3 is 2.60 bits per heavy atom. The summed E-state index contributed by atoms with van der Waals surface area (Å²) in [5, 5.41) is 0.841. The standard InChI is InChI=1S/C9H10Cl/c1-7(2)8-5-3-4-6-9(8)10/h4-7H,1-2H3. The minimum absolute atomic E-state index is 0.491. The summed E-state index contributed by atoms with van der Waals surface area (Å²) in [5.74, 6) is 0.491. The number of hydrogen-bond donors (Lipinski definition) is 0. The zero-order chi connectivity index (χ0) is 7.56. The Labute approximate surface area is 66.8 Å². The highest BCUT2D eigenvalue weighted by Gasteiger charge is 2.01. The molecule has 0 saturated carbocycles. The van der Waals surface area contributed by atoms with Gasteiger partial charge in [-0.05, 0) is 29.7 Å². The molecule has 53 valence electrons. The van der Waals surface area contributed by atoms with E-state index in [2.05, 4.69) is 19.9 Å². The normalized spacial score (nSPS) is 10.4. The number of hydrogen-bond acceptors (Lipinski definition) is 0. The molecule has 0 aliphatic rings. The van der Waals surface area contributed by atoms with Crippen molar-refractivity contribution < 1.29 is 0 Å². The molecule has 0 fully saturated rings. The fourth-order valence-corrected chi connectivity index (χ4v) is 1.20. The zero-order valence-corrected chi connectivity index (χ0v) is 6.94. The first-order chi connectivity index (χ1) is 4.72. The van der Waals surface area contributed by atoms with Crippen LogP contribution in [0.25, 0.3) is 0 Å². The van der Waals surface area contributed by atoms with Crippen molar-refractivity contribution in [3.05, 3.63) is 34.9 Å². The molecule has 0 bridgehead atoms. The van der Waals surface area contributed by atoms with Crippen molar-refractivity contribution in [2.75, 3.05) is 0 Å². The highest BCUT2D eigenvalue weighted by molar-refractivity contribution is 6.31. The quantitative estimate of drug-likeness (QED) is 0.581. The molecule has 0 heterocycles. The van der Waals surface area contributed by atoms with E-state index in [1.54, 1.807) is 0 Å². The lowest BCUT2D eigenvalue weighted by Gasteiger charge is -2.05. The molecule has 0 unspecified atom stereocenters. The van der Waals surface area contributed by atoms with Gasteiger partial charge in [0.05, 0.1) is 0 Å². The smallest absolute Gasteiger partial charge is 0.0441 e. The lowest BCUT2D eigenvalue weighted by Crippen LogP contribution is -1.86. The van der Waals surface area contributed by atoms with Crippen LogP contribution in [-0.4, -0.2) is 0 Å². The SMILES string of the molecule is CC(C)c1c[c]ccc1Cl. The predicted molar refractivity (Wildman–Crippen MR) is 44.4 cm³/mol. The van der Waals surface area contributed by atoms with E-state index in [0.717, 1.165) is 5.02 Å². The molecule has 0 aromatic heterocycles. The third kappa shape index (κ3) is 1.51. The van der Waals surface area contributed by atoms with E-state index in [1.165, 1.54) is 5.56 Å². The minimum atomic E-state index is 0.491. The van der Waals surface area contributed by atoms with Crippen molar-refractivity contribution in [1.82, 2.24) is 0 Å². The molecule has 1 aromatic rings. The molecule has 10 heavy (non-hydrogen) atoms. The number of halogens is 1. The average Bonchev–Trinajstić information content (AvgIpc) is 1.88. The molecule has 0 aliphatic heterocycles. The monoisotopic (exact) mass is 153 g/mol. The van der Waals surface area contributed by atoms with Crippen LogP contribution in [0.5, 0.6) is 0 Å². The molecule has 0 nitrogen and oxygen atoms in total. The number of benzene rings is 1. The Bertz CT molecular complexity index is 216. The van der Waals surface area contributed by atoms with Gasteiger partial charge in [-0.3, -0.25) is 0 Å². The summed E-state index contributed by atoms with van der Waals surface area (Å²) in [6, 6.07) is 8.64. The van der Waals surface area contributed by atoms with Crippen LogP contribution in [0.15, 0.2) is 18.2 Å². The Morgan fingerprint density at radius 2 is 2.20 bits per heavy atom. The number of rotatable bonds is 1. The Hall–Kier alpha value is -0.490. The summed E-state index contributed by atoms with van der Waals surface area (Å²) in [7, 11) is 0. The summed E-state index contributed by atoms with van der Waals surface area (Å²) < 4.78 is 0. The van der Waals surface area contributed by atoms with Crippen LogP contribution in [0, 0.1) is 6.07 Å². The van der Waals surface area contributed by atoms with Gasteiger partial charge in [-0.1, -0.05) is 31.5 Å². The van der Waals surface area contributed by atoms with E-state index in [4.69, 9.17) is 11.6 Å². The van der Waals surface area contributed by atoms with Gasteiger partial charge in [0.2, 0.25) is 0 Å². The van der Waals surface area contributed by atoms with Gasteiger partial charge in [0, 0.05) is 5.02 Å². The Morgan fingerprint density at radius 1 is 1.50 bits per heavy atom. The van der Waals surface area contributed by atoms with Gasteiger partial charge in [0.25, 0.3) is 0 Å². The molecule has 1 radical (unpaired) electrons. The van der Waals surface area contributed by atoms with Gasteiger partial charge in [-0.2, -0.15) is 0 Å². The highest BCUT2D eigenvalue weighted by atomic mass is 35.5.